The van der Waals surface area contributed by atoms with Gasteiger partial charge in [-0.05, 0) is 11.5 Å². The maximum atomic E-state index is 12.4. The lowest BCUT2D eigenvalue weighted by Crippen LogP contribution is -1.98. The van der Waals surface area contributed by atoms with Crippen LogP contribution in [0, 0.1) is 11.3 Å². The largest absolute Gasteiger partial charge is 0.289 e. The van der Waals surface area contributed by atoms with Gasteiger partial charge in [0.2, 0.25) is 0 Å². The first kappa shape index (κ1) is 10.5. The first-order valence-corrected chi connectivity index (χ1v) is 5.66. The fourth-order valence-electron chi connectivity index (χ4n) is 2.21. The van der Waals surface area contributed by atoms with Gasteiger partial charge in [0.05, 0.1) is 11.6 Å². The summed E-state index contributed by atoms with van der Waals surface area (Å²) in [5, 5.41) is 12.0. The van der Waals surface area contributed by atoms with Crippen molar-refractivity contribution < 1.29 is 0 Å². The van der Waals surface area contributed by atoms with E-state index < -0.39 is 0 Å². The molecule has 0 aromatic heterocycles. The van der Waals surface area contributed by atoms with Crippen molar-refractivity contribution in [3.63, 3.8) is 0 Å². The molecule has 0 aliphatic carbocycles. The summed E-state index contributed by atoms with van der Waals surface area (Å²) in [4.78, 5) is 12.4. The Hall–Kier alpha value is -2.66. The van der Waals surface area contributed by atoms with E-state index in [1.165, 1.54) is 0 Å². The van der Waals surface area contributed by atoms with Crippen LogP contribution in [0.15, 0.2) is 59.4 Å². The molecule has 0 aliphatic rings. The van der Waals surface area contributed by atoms with Gasteiger partial charge in [0.1, 0.15) is 0 Å². The second kappa shape index (κ2) is 3.97. The van der Waals surface area contributed by atoms with Crippen molar-refractivity contribution in [2.75, 3.05) is 0 Å². The van der Waals surface area contributed by atoms with Gasteiger partial charge in [-0.2, -0.15) is 5.26 Å². The van der Waals surface area contributed by atoms with E-state index >= 15 is 0 Å². The molecular formula is C16H9NO. The molecule has 0 N–H and O–H groups in total. The lowest BCUT2D eigenvalue weighted by Gasteiger charge is -1.93. The zero-order chi connectivity index (χ0) is 12.5. The molecule has 18 heavy (non-hydrogen) atoms. The summed E-state index contributed by atoms with van der Waals surface area (Å²) in [6.45, 7) is 0. The highest BCUT2D eigenvalue weighted by Crippen LogP contribution is 2.18. The third-order valence-electron chi connectivity index (χ3n) is 3.11. The van der Waals surface area contributed by atoms with E-state index in [1.54, 1.807) is 18.2 Å². The van der Waals surface area contributed by atoms with Crippen LogP contribution < -0.4 is 5.43 Å². The molecule has 0 aliphatic heterocycles. The molecule has 0 unspecified atom stereocenters. The molecule has 2 nitrogen and oxygen atoms in total. The van der Waals surface area contributed by atoms with Crippen LogP contribution in [0.2, 0.25) is 0 Å². The summed E-state index contributed by atoms with van der Waals surface area (Å²) in [5.41, 5.74) is 0.507. The van der Waals surface area contributed by atoms with Crippen molar-refractivity contribution in [1.29, 1.82) is 5.26 Å². The van der Waals surface area contributed by atoms with Crippen LogP contribution in [-0.4, -0.2) is 0 Å². The molecule has 0 radical (unpaired) electrons. The van der Waals surface area contributed by atoms with Crippen LogP contribution in [0.5, 0.6) is 0 Å². The number of fused-ring (bicyclic) bond motifs is 2. The molecule has 0 atom stereocenters. The standard InChI is InChI=1S/C16H9NO/c17-10-12-5-3-7-15-13(12)9-8-11-4-1-2-6-14(11)16(15)18/h1-9H. The van der Waals surface area contributed by atoms with E-state index in [4.69, 9.17) is 5.26 Å². The molecule has 0 heterocycles. The van der Waals surface area contributed by atoms with Gasteiger partial charge >= 0.3 is 0 Å². The predicted molar refractivity (Wildman–Crippen MR) is 72.4 cm³/mol. The average molecular weight is 231 g/mol. The summed E-state index contributed by atoms with van der Waals surface area (Å²) in [6, 6.07) is 18.6. The second-order valence-corrected chi connectivity index (χ2v) is 4.13. The first-order chi connectivity index (χ1) is 8.81. The smallest absolute Gasteiger partial charge is 0.194 e. The van der Waals surface area contributed by atoms with Gasteiger partial charge in [-0.15, -0.1) is 0 Å². The van der Waals surface area contributed by atoms with Gasteiger partial charge in [-0.3, -0.25) is 4.79 Å². The second-order valence-electron chi connectivity index (χ2n) is 4.13. The van der Waals surface area contributed by atoms with Crippen LogP contribution in [0.3, 0.4) is 0 Å². The van der Waals surface area contributed by atoms with E-state index in [2.05, 4.69) is 6.07 Å². The lowest BCUT2D eigenvalue weighted by molar-refractivity contribution is 1.50. The zero-order valence-corrected chi connectivity index (χ0v) is 9.55. The number of rotatable bonds is 0. The van der Waals surface area contributed by atoms with E-state index in [1.807, 2.05) is 36.4 Å². The van der Waals surface area contributed by atoms with E-state index in [9.17, 15) is 4.79 Å². The molecule has 0 saturated heterocycles. The molecular weight excluding hydrogens is 222 g/mol. The molecule has 3 aromatic rings. The van der Waals surface area contributed by atoms with Crippen LogP contribution in [0.1, 0.15) is 5.56 Å². The SMILES string of the molecule is N#Cc1cccc2c(=O)c3ccccc3ccc12. The van der Waals surface area contributed by atoms with Gasteiger partial charge in [0.25, 0.3) is 0 Å². The average Bonchev–Trinajstić information content (AvgIpc) is 2.57. The van der Waals surface area contributed by atoms with Gasteiger partial charge in [-0.1, -0.05) is 48.5 Å². The quantitative estimate of drug-likeness (QED) is 0.596. The lowest BCUT2D eigenvalue weighted by atomic mass is 10.1. The zero-order valence-electron chi connectivity index (χ0n) is 9.55. The summed E-state index contributed by atoms with van der Waals surface area (Å²) in [5.74, 6) is 0. The van der Waals surface area contributed by atoms with Crippen LogP contribution in [0.4, 0.5) is 0 Å². The Morgan fingerprint density at radius 1 is 0.778 bits per heavy atom. The molecule has 0 spiro atoms. The highest BCUT2D eigenvalue weighted by atomic mass is 16.1. The Kier molecular flexibility index (Phi) is 2.32. The minimum Gasteiger partial charge on any atom is -0.289 e. The summed E-state index contributed by atoms with van der Waals surface area (Å²) in [6.07, 6.45) is 0. The van der Waals surface area contributed by atoms with Gasteiger partial charge in [0, 0.05) is 16.2 Å². The highest BCUT2D eigenvalue weighted by molar-refractivity contribution is 5.95. The summed E-state index contributed by atoms with van der Waals surface area (Å²) in [7, 11) is 0. The van der Waals surface area contributed by atoms with Gasteiger partial charge < -0.3 is 0 Å². The normalized spacial score (nSPS) is 10.4. The molecule has 0 amide bonds. The number of nitriles is 1. The number of hydrogen-bond acceptors (Lipinski definition) is 2. The van der Waals surface area contributed by atoms with E-state index in [0.717, 1.165) is 5.39 Å². The van der Waals surface area contributed by atoms with E-state index in [-0.39, 0.29) is 5.43 Å². The Balaban J connectivity index is 2.67. The molecule has 84 valence electrons. The Bertz CT molecular complexity index is 860. The van der Waals surface area contributed by atoms with Crippen molar-refractivity contribution >= 4 is 21.5 Å². The highest BCUT2D eigenvalue weighted by Gasteiger charge is 2.04. The molecule has 2 heteroatoms. The number of benzene rings is 2. The van der Waals surface area contributed by atoms with Gasteiger partial charge in [-0.25, -0.2) is 0 Å². The number of nitrogens with zero attached hydrogens (tertiary/aromatic N) is 1. The van der Waals surface area contributed by atoms with E-state index in [0.29, 0.717) is 21.7 Å². The fraction of sp³-hybridized carbons (Fsp3) is 0. The predicted octanol–water partition coefficient (Wildman–Crippen LogP) is 3.22. The molecule has 3 aromatic carbocycles. The molecule has 3 rings (SSSR count). The summed E-state index contributed by atoms with van der Waals surface area (Å²) < 4.78 is 0. The monoisotopic (exact) mass is 231 g/mol. The molecule has 0 saturated carbocycles. The third-order valence-corrected chi connectivity index (χ3v) is 3.11. The Morgan fingerprint density at radius 3 is 2.39 bits per heavy atom. The Labute approximate surface area is 104 Å². The maximum Gasteiger partial charge on any atom is 0.194 e. The summed E-state index contributed by atoms with van der Waals surface area (Å²) >= 11 is 0. The minimum atomic E-state index is -0.0253. The number of hydrogen-bond donors (Lipinski definition) is 0. The van der Waals surface area contributed by atoms with Crippen molar-refractivity contribution in [2.24, 2.45) is 0 Å². The van der Waals surface area contributed by atoms with Crippen LogP contribution in [0.25, 0.3) is 21.5 Å². The van der Waals surface area contributed by atoms with Crippen molar-refractivity contribution in [1.82, 2.24) is 0 Å². The maximum absolute atomic E-state index is 12.4. The molecule has 0 fully saturated rings. The van der Waals surface area contributed by atoms with Crippen LogP contribution >= 0.6 is 0 Å². The van der Waals surface area contributed by atoms with Crippen molar-refractivity contribution in [3.8, 4) is 6.07 Å². The Morgan fingerprint density at radius 2 is 1.56 bits per heavy atom. The third kappa shape index (κ3) is 1.46. The minimum absolute atomic E-state index is 0.0253. The fourth-order valence-corrected chi connectivity index (χ4v) is 2.21. The van der Waals surface area contributed by atoms with Gasteiger partial charge in [0.15, 0.2) is 5.43 Å². The first-order valence-electron chi connectivity index (χ1n) is 5.66. The van der Waals surface area contributed by atoms with Crippen LogP contribution in [-0.2, 0) is 0 Å². The van der Waals surface area contributed by atoms with Crippen molar-refractivity contribution in [3.05, 3.63) is 70.4 Å². The molecule has 0 bridgehead atoms. The van der Waals surface area contributed by atoms with Crippen molar-refractivity contribution in [2.45, 2.75) is 0 Å². The topological polar surface area (TPSA) is 40.9 Å².